The molecule has 2 aliphatic heterocycles. The lowest BCUT2D eigenvalue weighted by Gasteiger charge is -2.30. The molecule has 0 spiro atoms. The Kier molecular flexibility index (Phi) is 2.77. The standard InChI is InChI=1S/C12H14N2O4/c15-13(16)12-7-4-8-17-14(12)18-11(9-12)10-5-2-1-3-6-10/h1-3,5-6,11H,4,7-9H2/t11?,12-/m1/s1. The summed E-state index contributed by atoms with van der Waals surface area (Å²) in [6.45, 7) is 0.469. The zero-order valence-electron chi connectivity index (χ0n) is 9.82. The third-order valence-corrected chi connectivity index (χ3v) is 3.52. The Labute approximate surface area is 104 Å². The second kappa shape index (κ2) is 4.31. The highest BCUT2D eigenvalue weighted by Gasteiger charge is 2.60. The monoisotopic (exact) mass is 250 g/mol. The van der Waals surface area contributed by atoms with Gasteiger partial charge in [0.2, 0.25) is 0 Å². The van der Waals surface area contributed by atoms with Gasteiger partial charge in [-0.15, -0.1) is 0 Å². The van der Waals surface area contributed by atoms with Gasteiger partial charge in [0, 0.05) is 16.6 Å². The minimum atomic E-state index is -1.22. The van der Waals surface area contributed by atoms with Gasteiger partial charge >= 0.3 is 5.66 Å². The van der Waals surface area contributed by atoms with Gasteiger partial charge in [0.05, 0.1) is 13.0 Å². The number of benzene rings is 1. The van der Waals surface area contributed by atoms with Gasteiger partial charge in [-0.05, 0) is 12.0 Å². The summed E-state index contributed by atoms with van der Waals surface area (Å²) in [5, 5.41) is 12.4. The van der Waals surface area contributed by atoms with Crippen molar-refractivity contribution in [2.75, 3.05) is 6.61 Å². The molecule has 0 aromatic heterocycles. The summed E-state index contributed by atoms with van der Waals surface area (Å²) in [5.41, 5.74) is -0.282. The molecule has 2 aliphatic rings. The summed E-state index contributed by atoms with van der Waals surface area (Å²) in [6.07, 6.45) is 1.16. The third-order valence-electron chi connectivity index (χ3n) is 3.52. The number of nitrogens with zero attached hydrogens (tertiary/aromatic N) is 2. The average molecular weight is 250 g/mol. The van der Waals surface area contributed by atoms with Crippen molar-refractivity contribution in [3.8, 4) is 0 Å². The van der Waals surface area contributed by atoms with E-state index in [9.17, 15) is 10.1 Å². The maximum atomic E-state index is 11.3. The summed E-state index contributed by atoms with van der Waals surface area (Å²) in [5.74, 6) is 0. The molecule has 1 aromatic carbocycles. The molecule has 2 heterocycles. The van der Waals surface area contributed by atoms with Crippen LogP contribution in [0.4, 0.5) is 0 Å². The minimum Gasteiger partial charge on any atom is -0.268 e. The van der Waals surface area contributed by atoms with Gasteiger partial charge in [-0.25, -0.2) is 0 Å². The van der Waals surface area contributed by atoms with E-state index in [1.165, 1.54) is 0 Å². The molecule has 0 N–H and O–H groups in total. The van der Waals surface area contributed by atoms with Crippen LogP contribution in [-0.4, -0.2) is 22.4 Å². The largest absolute Gasteiger partial charge is 0.324 e. The molecule has 1 unspecified atom stereocenters. The third kappa shape index (κ3) is 1.69. The smallest absolute Gasteiger partial charge is 0.268 e. The van der Waals surface area contributed by atoms with E-state index in [2.05, 4.69) is 0 Å². The maximum absolute atomic E-state index is 11.3. The molecule has 0 radical (unpaired) electrons. The first-order valence-corrected chi connectivity index (χ1v) is 6.02. The van der Waals surface area contributed by atoms with Crippen molar-refractivity contribution in [3.05, 3.63) is 46.0 Å². The molecule has 96 valence electrons. The molecule has 2 atom stereocenters. The van der Waals surface area contributed by atoms with Crippen molar-refractivity contribution in [1.82, 2.24) is 5.23 Å². The van der Waals surface area contributed by atoms with E-state index in [0.29, 0.717) is 25.9 Å². The summed E-state index contributed by atoms with van der Waals surface area (Å²) < 4.78 is 0. The SMILES string of the molecule is O=[N+]([O-])[C@]12CCCON1OC(c1ccccc1)C2. The molecule has 6 heteroatoms. The number of nitro groups is 1. The normalized spacial score (nSPS) is 32.1. The van der Waals surface area contributed by atoms with Gasteiger partial charge in [0.25, 0.3) is 0 Å². The van der Waals surface area contributed by atoms with Crippen LogP contribution < -0.4 is 0 Å². The molecule has 0 amide bonds. The fourth-order valence-electron chi connectivity index (χ4n) is 2.55. The van der Waals surface area contributed by atoms with Crippen LogP contribution in [0.1, 0.15) is 30.9 Å². The van der Waals surface area contributed by atoms with Crippen LogP contribution in [0.15, 0.2) is 30.3 Å². The van der Waals surface area contributed by atoms with Gasteiger partial charge in [-0.3, -0.25) is 19.8 Å². The van der Waals surface area contributed by atoms with Gasteiger partial charge < -0.3 is 0 Å². The van der Waals surface area contributed by atoms with Crippen molar-refractivity contribution in [3.63, 3.8) is 0 Å². The van der Waals surface area contributed by atoms with E-state index in [-0.39, 0.29) is 11.0 Å². The molecular formula is C12H14N2O4. The molecule has 18 heavy (non-hydrogen) atoms. The Morgan fingerprint density at radius 3 is 2.83 bits per heavy atom. The van der Waals surface area contributed by atoms with Crippen molar-refractivity contribution in [1.29, 1.82) is 0 Å². The number of hydrogen-bond donors (Lipinski definition) is 0. The second-order valence-corrected chi connectivity index (χ2v) is 4.64. The summed E-state index contributed by atoms with van der Waals surface area (Å²) in [6, 6.07) is 9.53. The zero-order valence-corrected chi connectivity index (χ0v) is 9.82. The fraction of sp³-hybridized carbons (Fsp3) is 0.500. The molecule has 3 rings (SSSR count). The lowest BCUT2D eigenvalue weighted by molar-refractivity contribution is -0.656. The predicted octanol–water partition coefficient (Wildman–Crippen LogP) is 2.06. The topological polar surface area (TPSA) is 64.8 Å². The molecule has 1 aromatic rings. The Bertz CT molecular complexity index is 453. The molecule has 2 saturated heterocycles. The van der Waals surface area contributed by atoms with E-state index in [1.807, 2.05) is 30.3 Å². The Balaban J connectivity index is 1.89. The van der Waals surface area contributed by atoms with Crippen molar-refractivity contribution < 1.29 is 14.6 Å². The van der Waals surface area contributed by atoms with E-state index in [1.54, 1.807) is 0 Å². The Hall–Kier alpha value is -1.50. The summed E-state index contributed by atoms with van der Waals surface area (Å²) in [7, 11) is 0. The molecule has 6 nitrogen and oxygen atoms in total. The quantitative estimate of drug-likeness (QED) is 0.593. The number of hydroxylamine groups is 2. The highest BCUT2D eigenvalue weighted by atomic mass is 17.0. The van der Waals surface area contributed by atoms with Crippen LogP contribution >= 0.6 is 0 Å². The van der Waals surface area contributed by atoms with Crippen LogP contribution in [0.25, 0.3) is 0 Å². The second-order valence-electron chi connectivity index (χ2n) is 4.64. The van der Waals surface area contributed by atoms with Gasteiger partial charge in [-0.2, -0.15) is 0 Å². The van der Waals surface area contributed by atoms with E-state index < -0.39 is 5.66 Å². The summed E-state index contributed by atoms with van der Waals surface area (Å²) >= 11 is 0. The van der Waals surface area contributed by atoms with Gasteiger partial charge in [-0.1, -0.05) is 30.3 Å². The maximum Gasteiger partial charge on any atom is 0.324 e. The van der Waals surface area contributed by atoms with E-state index in [4.69, 9.17) is 9.68 Å². The Morgan fingerprint density at radius 2 is 2.17 bits per heavy atom. The average Bonchev–Trinajstić information content (AvgIpc) is 2.80. The highest BCUT2D eigenvalue weighted by molar-refractivity contribution is 5.18. The van der Waals surface area contributed by atoms with Crippen molar-refractivity contribution >= 4 is 0 Å². The van der Waals surface area contributed by atoms with Crippen molar-refractivity contribution in [2.24, 2.45) is 0 Å². The first kappa shape index (κ1) is 11.6. The lowest BCUT2D eigenvalue weighted by Crippen LogP contribution is -2.52. The molecule has 2 fully saturated rings. The van der Waals surface area contributed by atoms with Crippen molar-refractivity contribution in [2.45, 2.75) is 31.0 Å². The molecule has 0 saturated carbocycles. The van der Waals surface area contributed by atoms with Crippen LogP contribution in [0.3, 0.4) is 0 Å². The lowest BCUT2D eigenvalue weighted by atomic mass is 9.95. The van der Waals surface area contributed by atoms with Gasteiger partial charge in [0.15, 0.2) is 0 Å². The van der Waals surface area contributed by atoms with Crippen LogP contribution in [0.5, 0.6) is 0 Å². The fourth-order valence-corrected chi connectivity index (χ4v) is 2.55. The van der Waals surface area contributed by atoms with Crippen LogP contribution in [0, 0.1) is 10.1 Å². The first-order valence-electron chi connectivity index (χ1n) is 6.02. The van der Waals surface area contributed by atoms with E-state index >= 15 is 0 Å². The number of fused-ring (bicyclic) bond motifs is 1. The predicted molar refractivity (Wildman–Crippen MR) is 61.6 cm³/mol. The highest BCUT2D eigenvalue weighted by Crippen LogP contribution is 2.45. The summed E-state index contributed by atoms with van der Waals surface area (Å²) in [4.78, 5) is 21.9. The zero-order chi connectivity index (χ0) is 12.6. The van der Waals surface area contributed by atoms with Crippen LogP contribution in [0.2, 0.25) is 0 Å². The minimum absolute atomic E-state index is 0.283. The Morgan fingerprint density at radius 1 is 1.39 bits per heavy atom. The van der Waals surface area contributed by atoms with E-state index in [0.717, 1.165) is 10.8 Å². The molecular weight excluding hydrogens is 236 g/mol. The molecule has 0 aliphatic carbocycles. The van der Waals surface area contributed by atoms with Gasteiger partial charge in [0.1, 0.15) is 6.10 Å². The molecule has 0 bridgehead atoms. The first-order chi connectivity index (χ1) is 8.72. The number of rotatable bonds is 2. The van der Waals surface area contributed by atoms with Crippen LogP contribution in [-0.2, 0) is 9.68 Å². The number of hydrogen-bond acceptors (Lipinski definition) is 5.